The Morgan fingerprint density at radius 3 is 2.64 bits per heavy atom. The van der Waals surface area contributed by atoms with Crippen LogP contribution >= 0.6 is 11.8 Å². The molecule has 0 aliphatic rings. The van der Waals surface area contributed by atoms with Crippen LogP contribution in [-0.4, -0.2) is 19.7 Å². The molecule has 0 saturated carbocycles. The molecule has 1 unspecified atom stereocenters. The summed E-state index contributed by atoms with van der Waals surface area (Å²) < 4.78 is 34.4. The lowest BCUT2D eigenvalue weighted by molar-refractivity contribution is 0.470. The summed E-state index contributed by atoms with van der Waals surface area (Å²) in [6, 6.07) is 9.82. The molecule has 0 fully saturated rings. The van der Waals surface area contributed by atoms with Crippen LogP contribution in [0.5, 0.6) is 0 Å². The van der Waals surface area contributed by atoms with Crippen LogP contribution in [0, 0.1) is 18.6 Å². The second-order valence-corrected chi connectivity index (χ2v) is 7.38. The first kappa shape index (κ1) is 18.3. The van der Waals surface area contributed by atoms with Gasteiger partial charge < -0.3 is 4.42 Å². The second-order valence-electron chi connectivity index (χ2n) is 6.07. The van der Waals surface area contributed by atoms with Gasteiger partial charge in [0.25, 0.3) is 5.56 Å². The first-order chi connectivity index (χ1) is 13.4. The lowest BCUT2D eigenvalue weighted by atomic mass is 10.2. The van der Waals surface area contributed by atoms with Crippen molar-refractivity contribution in [3.05, 3.63) is 76.2 Å². The number of hydrogen-bond acceptors (Lipinski definition) is 6. The zero-order valence-corrected chi connectivity index (χ0v) is 15.7. The van der Waals surface area contributed by atoms with E-state index in [4.69, 9.17) is 4.42 Å². The van der Waals surface area contributed by atoms with E-state index in [0.717, 1.165) is 16.7 Å². The maximum atomic E-state index is 14.5. The lowest BCUT2D eigenvalue weighted by Gasteiger charge is -2.15. The Morgan fingerprint density at radius 2 is 1.93 bits per heavy atom. The van der Waals surface area contributed by atoms with E-state index in [9.17, 15) is 13.6 Å². The van der Waals surface area contributed by atoms with E-state index in [2.05, 4.69) is 15.2 Å². The van der Waals surface area contributed by atoms with Gasteiger partial charge in [-0.05, 0) is 31.2 Å². The fourth-order valence-corrected chi connectivity index (χ4v) is 3.70. The Kier molecular flexibility index (Phi) is 4.68. The number of halogens is 2. The molecule has 2 aromatic heterocycles. The largest absolute Gasteiger partial charge is 0.424 e. The number of nitrogens with zero attached hydrogens (tertiary/aromatic N) is 4. The summed E-state index contributed by atoms with van der Waals surface area (Å²) in [5, 5.41) is 8.00. The normalized spacial score (nSPS) is 12.4. The van der Waals surface area contributed by atoms with E-state index in [1.807, 2.05) is 6.92 Å². The van der Waals surface area contributed by atoms with Crippen molar-refractivity contribution in [2.75, 3.05) is 0 Å². The summed E-state index contributed by atoms with van der Waals surface area (Å²) in [7, 11) is 0. The van der Waals surface area contributed by atoms with Crippen LogP contribution in [0.25, 0.3) is 16.6 Å². The molecule has 4 aromatic rings. The third-order valence-corrected chi connectivity index (χ3v) is 5.11. The Morgan fingerprint density at radius 1 is 1.14 bits per heavy atom. The molecule has 4 rings (SSSR count). The second kappa shape index (κ2) is 7.16. The van der Waals surface area contributed by atoms with Crippen molar-refractivity contribution >= 4 is 22.7 Å². The molecular formula is C19H14F2N4O2S. The highest BCUT2D eigenvalue weighted by Crippen LogP contribution is 2.34. The van der Waals surface area contributed by atoms with E-state index in [1.54, 1.807) is 31.2 Å². The minimum atomic E-state index is -0.859. The van der Waals surface area contributed by atoms with Gasteiger partial charge in [0, 0.05) is 13.0 Å². The smallest absolute Gasteiger partial charge is 0.266 e. The number of aryl methyl sites for hydroxylation is 1. The number of benzene rings is 2. The molecule has 0 amide bonds. The van der Waals surface area contributed by atoms with Crippen LogP contribution in [0.2, 0.25) is 0 Å². The highest BCUT2D eigenvalue weighted by molar-refractivity contribution is 7.99. The van der Waals surface area contributed by atoms with Crippen LogP contribution in [-0.2, 0) is 0 Å². The van der Waals surface area contributed by atoms with Crippen LogP contribution in [0.3, 0.4) is 0 Å². The van der Waals surface area contributed by atoms with Gasteiger partial charge in [0.1, 0.15) is 11.6 Å². The molecule has 0 saturated heterocycles. The number of aromatic nitrogens is 4. The zero-order chi connectivity index (χ0) is 19.8. The first-order valence-electron chi connectivity index (χ1n) is 8.38. The predicted molar refractivity (Wildman–Crippen MR) is 101 cm³/mol. The summed E-state index contributed by atoms with van der Waals surface area (Å²) in [4.78, 5) is 17.6. The number of fused-ring (bicyclic) bond motifs is 1. The first-order valence-corrected chi connectivity index (χ1v) is 9.26. The van der Waals surface area contributed by atoms with Gasteiger partial charge in [-0.3, -0.25) is 9.36 Å². The molecule has 142 valence electrons. The van der Waals surface area contributed by atoms with Crippen molar-refractivity contribution in [1.82, 2.24) is 19.7 Å². The van der Waals surface area contributed by atoms with E-state index < -0.39 is 17.2 Å². The molecule has 2 heterocycles. The van der Waals surface area contributed by atoms with Gasteiger partial charge in [0.05, 0.1) is 21.8 Å². The van der Waals surface area contributed by atoms with E-state index in [0.29, 0.717) is 22.7 Å². The van der Waals surface area contributed by atoms with Crippen molar-refractivity contribution in [2.24, 2.45) is 0 Å². The Labute approximate surface area is 162 Å². The molecule has 6 nitrogen and oxygen atoms in total. The highest BCUT2D eigenvalue weighted by Gasteiger charge is 2.21. The van der Waals surface area contributed by atoms with E-state index in [-0.39, 0.29) is 16.1 Å². The number of thioether (sulfide) groups is 1. The summed E-state index contributed by atoms with van der Waals surface area (Å²) in [5.74, 6) is -0.818. The predicted octanol–water partition coefficient (Wildman–Crippen LogP) is 4.21. The Bertz CT molecular complexity index is 1240. The van der Waals surface area contributed by atoms with Gasteiger partial charge in [-0.15, -0.1) is 10.2 Å². The van der Waals surface area contributed by atoms with Crippen LogP contribution < -0.4 is 5.56 Å². The number of hydrogen-bond donors (Lipinski definition) is 0. The minimum Gasteiger partial charge on any atom is -0.424 e. The third kappa shape index (κ3) is 3.29. The van der Waals surface area contributed by atoms with E-state index in [1.165, 1.54) is 17.8 Å². The molecule has 9 heteroatoms. The minimum absolute atomic E-state index is 0.0823. The third-order valence-electron chi connectivity index (χ3n) is 4.07. The highest BCUT2D eigenvalue weighted by atomic mass is 32.2. The topological polar surface area (TPSA) is 73.8 Å². The van der Waals surface area contributed by atoms with Gasteiger partial charge in [-0.2, -0.15) is 0 Å². The van der Waals surface area contributed by atoms with Gasteiger partial charge in [0.2, 0.25) is 11.8 Å². The summed E-state index contributed by atoms with van der Waals surface area (Å²) in [6.45, 7) is 3.48. The molecule has 0 aliphatic carbocycles. The standard InChI is InChI=1S/C19H14F2N4O2S/c1-10(17-24-23-11(2)27-17)28-19-22-15-6-4-3-5-13(15)18(26)25(19)16-8-7-12(20)9-14(16)21/h3-10H,1-2H3. The summed E-state index contributed by atoms with van der Waals surface area (Å²) >= 11 is 1.17. The summed E-state index contributed by atoms with van der Waals surface area (Å²) in [6.07, 6.45) is 0. The molecule has 0 aliphatic heterocycles. The average Bonchev–Trinajstić information content (AvgIpc) is 3.10. The molecule has 0 bridgehead atoms. The van der Waals surface area contributed by atoms with Crippen molar-refractivity contribution in [2.45, 2.75) is 24.3 Å². The molecular weight excluding hydrogens is 386 g/mol. The summed E-state index contributed by atoms with van der Waals surface area (Å²) in [5.41, 5.74) is -0.0590. The van der Waals surface area contributed by atoms with Crippen molar-refractivity contribution in [3.63, 3.8) is 0 Å². The fraction of sp³-hybridized carbons (Fsp3) is 0.158. The van der Waals surface area contributed by atoms with Gasteiger partial charge in [-0.25, -0.2) is 13.8 Å². The Hall–Kier alpha value is -3.07. The van der Waals surface area contributed by atoms with Crippen molar-refractivity contribution < 1.29 is 13.2 Å². The van der Waals surface area contributed by atoms with Crippen molar-refractivity contribution in [1.29, 1.82) is 0 Å². The van der Waals surface area contributed by atoms with Crippen molar-refractivity contribution in [3.8, 4) is 5.69 Å². The van der Waals surface area contributed by atoms with Crippen LogP contribution in [0.4, 0.5) is 8.78 Å². The monoisotopic (exact) mass is 400 g/mol. The molecule has 0 radical (unpaired) electrons. The number of rotatable bonds is 4. The maximum Gasteiger partial charge on any atom is 0.266 e. The van der Waals surface area contributed by atoms with Gasteiger partial charge >= 0.3 is 0 Å². The van der Waals surface area contributed by atoms with E-state index >= 15 is 0 Å². The average molecular weight is 400 g/mol. The van der Waals surface area contributed by atoms with Crippen LogP contribution in [0.1, 0.15) is 24.0 Å². The Balaban J connectivity index is 1.92. The molecule has 0 N–H and O–H groups in total. The van der Waals surface area contributed by atoms with Gasteiger partial charge in [0.15, 0.2) is 5.16 Å². The SMILES string of the molecule is Cc1nnc(C(C)Sc2nc3ccccc3c(=O)n2-c2ccc(F)cc2F)o1. The quantitative estimate of drug-likeness (QED) is 0.377. The zero-order valence-electron chi connectivity index (χ0n) is 14.9. The molecule has 1 atom stereocenters. The lowest BCUT2D eigenvalue weighted by Crippen LogP contribution is -2.23. The molecule has 2 aromatic carbocycles. The molecule has 28 heavy (non-hydrogen) atoms. The van der Waals surface area contributed by atoms with Gasteiger partial charge in [-0.1, -0.05) is 23.9 Å². The maximum absolute atomic E-state index is 14.5. The number of para-hydroxylation sites is 1. The van der Waals surface area contributed by atoms with Crippen LogP contribution in [0.15, 0.2) is 56.8 Å². The molecule has 0 spiro atoms. The fourth-order valence-electron chi connectivity index (χ4n) is 2.75.